The molecule has 0 spiro atoms. The summed E-state index contributed by atoms with van der Waals surface area (Å²) >= 11 is 17.8. The second kappa shape index (κ2) is 11.0. The van der Waals surface area contributed by atoms with Gasteiger partial charge in [-0.3, -0.25) is 9.59 Å². The number of nitrogens with zero attached hydrogens (tertiary/aromatic N) is 1. The molecule has 2 N–H and O–H groups in total. The number of anilines is 1. The molecule has 3 rings (SSSR count). The Morgan fingerprint density at radius 1 is 0.879 bits per heavy atom. The molecule has 10 heteroatoms. The van der Waals surface area contributed by atoms with Gasteiger partial charge in [0.15, 0.2) is 0 Å². The van der Waals surface area contributed by atoms with E-state index < -0.39 is 17.8 Å². The van der Waals surface area contributed by atoms with Crippen molar-refractivity contribution in [2.24, 2.45) is 5.10 Å². The van der Waals surface area contributed by atoms with Gasteiger partial charge in [0.2, 0.25) is 0 Å². The summed E-state index contributed by atoms with van der Waals surface area (Å²) in [5.41, 5.74) is 4.13. The van der Waals surface area contributed by atoms with Gasteiger partial charge in [0.25, 0.3) is 0 Å². The van der Waals surface area contributed by atoms with Crippen LogP contribution >= 0.6 is 34.8 Å². The van der Waals surface area contributed by atoms with Crippen LogP contribution in [0.4, 0.5) is 5.69 Å². The number of aryl methyl sites for hydroxylation is 1. The molecule has 0 heterocycles. The van der Waals surface area contributed by atoms with E-state index in [1.807, 2.05) is 6.92 Å². The molecule has 33 heavy (non-hydrogen) atoms. The maximum Gasteiger partial charge on any atom is 0.345 e. The second-order valence-electron chi connectivity index (χ2n) is 6.70. The Morgan fingerprint density at radius 2 is 1.61 bits per heavy atom. The lowest BCUT2D eigenvalue weighted by Crippen LogP contribution is -2.32. The Kier molecular flexibility index (Phi) is 8.06. The van der Waals surface area contributed by atoms with Crippen molar-refractivity contribution in [3.8, 4) is 5.75 Å². The number of hydrogen-bond donors (Lipinski definition) is 2. The SMILES string of the molecule is Cc1ccc(NC(=O)C(=O)NN=Cc2ccc(OC(=O)c3ccc(Cl)cc3Cl)cc2)cc1Cl. The van der Waals surface area contributed by atoms with E-state index in [4.69, 9.17) is 39.5 Å². The smallest absolute Gasteiger partial charge is 0.345 e. The molecule has 2 amide bonds. The maximum atomic E-state index is 12.2. The summed E-state index contributed by atoms with van der Waals surface area (Å²) in [7, 11) is 0. The van der Waals surface area contributed by atoms with Crippen LogP contribution in [0, 0.1) is 6.92 Å². The summed E-state index contributed by atoms with van der Waals surface area (Å²) in [5.74, 6) is -2.20. The van der Waals surface area contributed by atoms with Crippen molar-refractivity contribution in [3.63, 3.8) is 0 Å². The Hall–Kier alpha value is -3.39. The lowest BCUT2D eigenvalue weighted by molar-refractivity contribution is -0.136. The highest BCUT2D eigenvalue weighted by molar-refractivity contribution is 6.40. The third-order valence-electron chi connectivity index (χ3n) is 4.26. The van der Waals surface area contributed by atoms with Gasteiger partial charge in [-0.05, 0) is 72.6 Å². The summed E-state index contributed by atoms with van der Waals surface area (Å²) in [6.07, 6.45) is 1.33. The van der Waals surface area contributed by atoms with Gasteiger partial charge in [-0.1, -0.05) is 40.9 Å². The van der Waals surface area contributed by atoms with Gasteiger partial charge in [0.1, 0.15) is 5.75 Å². The molecule has 0 fully saturated rings. The van der Waals surface area contributed by atoms with Gasteiger partial charge in [-0.15, -0.1) is 0 Å². The lowest BCUT2D eigenvalue weighted by atomic mass is 10.2. The minimum atomic E-state index is -0.951. The molecular formula is C23H16Cl3N3O4. The van der Waals surface area contributed by atoms with Crippen molar-refractivity contribution >= 4 is 64.5 Å². The van der Waals surface area contributed by atoms with E-state index in [1.165, 1.54) is 24.4 Å². The number of ether oxygens (including phenoxy) is 1. The Labute approximate surface area is 204 Å². The summed E-state index contributed by atoms with van der Waals surface area (Å²) in [6.45, 7) is 1.82. The maximum absolute atomic E-state index is 12.2. The highest BCUT2D eigenvalue weighted by atomic mass is 35.5. The zero-order chi connectivity index (χ0) is 24.0. The van der Waals surface area contributed by atoms with Crippen molar-refractivity contribution in [2.75, 3.05) is 5.32 Å². The van der Waals surface area contributed by atoms with Gasteiger partial charge in [0.05, 0.1) is 16.8 Å². The van der Waals surface area contributed by atoms with E-state index in [0.717, 1.165) is 5.56 Å². The zero-order valence-electron chi connectivity index (χ0n) is 17.1. The number of rotatable bonds is 5. The van der Waals surface area contributed by atoms with Gasteiger partial charge >= 0.3 is 17.8 Å². The number of amides is 2. The molecule has 0 aliphatic rings. The zero-order valence-corrected chi connectivity index (χ0v) is 19.3. The van der Waals surface area contributed by atoms with Gasteiger partial charge < -0.3 is 10.1 Å². The lowest BCUT2D eigenvalue weighted by Gasteiger charge is -2.06. The highest BCUT2D eigenvalue weighted by Crippen LogP contribution is 2.23. The second-order valence-corrected chi connectivity index (χ2v) is 7.95. The Bertz CT molecular complexity index is 1240. The molecule has 0 radical (unpaired) electrons. The van der Waals surface area contributed by atoms with E-state index in [1.54, 1.807) is 42.5 Å². The first-order valence-corrected chi connectivity index (χ1v) is 10.5. The molecule has 0 unspecified atom stereocenters. The summed E-state index contributed by atoms with van der Waals surface area (Å²) in [6, 6.07) is 15.6. The first-order valence-electron chi connectivity index (χ1n) is 9.41. The van der Waals surface area contributed by atoms with Gasteiger partial charge in [0, 0.05) is 15.7 Å². The van der Waals surface area contributed by atoms with E-state index >= 15 is 0 Å². The van der Waals surface area contributed by atoms with Crippen molar-refractivity contribution < 1.29 is 19.1 Å². The molecule has 168 valence electrons. The highest BCUT2D eigenvalue weighted by Gasteiger charge is 2.14. The number of nitrogens with one attached hydrogen (secondary N) is 2. The van der Waals surface area contributed by atoms with Crippen molar-refractivity contribution in [1.82, 2.24) is 5.43 Å². The predicted octanol–water partition coefficient (Wildman–Crippen LogP) is 5.26. The fourth-order valence-electron chi connectivity index (χ4n) is 2.51. The van der Waals surface area contributed by atoms with Gasteiger partial charge in [-0.2, -0.15) is 5.10 Å². The number of benzene rings is 3. The van der Waals surface area contributed by atoms with Crippen LogP contribution in [0.25, 0.3) is 0 Å². The quantitative estimate of drug-likeness (QED) is 0.163. The third-order valence-corrected chi connectivity index (χ3v) is 5.21. The number of carbonyl (C=O) groups is 3. The molecule has 0 saturated heterocycles. The van der Waals surface area contributed by atoms with Crippen molar-refractivity contribution in [3.05, 3.63) is 92.4 Å². The molecule has 0 aliphatic carbocycles. The number of hydrazone groups is 1. The topological polar surface area (TPSA) is 96.9 Å². The predicted molar refractivity (Wildman–Crippen MR) is 128 cm³/mol. The van der Waals surface area contributed by atoms with Crippen LogP contribution in [0.5, 0.6) is 5.75 Å². The fraction of sp³-hybridized carbons (Fsp3) is 0.0435. The summed E-state index contributed by atoms with van der Waals surface area (Å²) in [4.78, 5) is 36.1. The summed E-state index contributed by atoms with van der Waals surface area (Å²) < 4.78 is 5.28. The van der Waals surface area contributed by atoms with E-state index in [0.29, 0.717) is 21.3 Å². The minimum absolute atomic E-state index is 0.181. The Morgan fingerprint density at radius 3 is 2.27 bits per heavy atom. The largest absolute Gasteiger partial charge is 0.423 e. The van der Waals surface area contributed by atoms with Crippen molar-refractivity contribution in [1.29, 1.82) is 0 Å². The average Bonchev–Trinajstić information content (AvgIpc) is 2.77. The van der Waals surface area contributed by atoms with Gasteiger partial charge in [-0.25, -0.2) is 10.2 Å². The normalized spacial score (nSPS) is 10.7. The van der Waals surface area contributed by atoms with Crippen LogP contribution < -0.4 is 15.5 Å². The standard InChI is InChI=1S/C23H16Cl3N3O4/c1-13-2-6-16(11-19(13)25)28-21(30)22(31)29-27-12-14-3-7-17(8-4-14)33-23(32)18-9-5-15(24)10-20(18)26/h2-12H,1H3,(H,28,30)(H,29,31). The van der Waals surface area contributed by atoms with Crippen LogP contribution in [0.1, 0.15) is 21.5 Å². The van der Waals surface area contributed by atoms with E-state index in [2.05, 4.69) is 15.8 Å². The molecule has 7 nitrogen and oxygen atoms in total. The molecule has 0 saturated carbocycles. The van der Waals surface area contributed by atoms with Crippen LogP contribution in [0.3, 0.4) is 0 Å². The van der Waals surface area contributed by atoms with Crippen molar-refractivity contribution in [2.45, 2.75) is 6.92 Å². The number of halogens is 3. The Balaban J connectivity index is 1.53. The average molecular weight is 505 g/mol. The fourth-order valence-corrected chi connectivity index (χ4v) is 3.18. The number of hydrogen-bond acceptors (Lipinski definition) is 5. The van der Waals surface area contributed by atoms with Crippen LogP contribution in [0.2, 0.25) is 15.1 Å². The van der Waals surface area contributed by atoms with Crippen LogP contribution in [-0.2, 0) is 9.59 Å². The number of carbonyl (C=O) groups excluding carboxylic acids is 3. The monoisotopic (exact) mass is 503 g/mol. The molecule has 0 aromatic heterocycles. The minimum Gasteiger partial charge on any atom is -0.423 e. The molecule has 0 bridgehead atoms. The number of esters is 1. The van der Waals surface area contributed by atoms with Crippen LogP contribution in [0.15, 0.2) is 65.8 Å². The molecule has 3 aromatic rings. The molecular weight excluding hydrogens is 489 g/mol. The first kappa shape index (κ1) is 24.3. The summed E-state index contributed by atoms with van der Waals surface area (Å²) in [5, 5.41) is 7.23. The van der Waals surface area contributed by atoms with Crippen LogP contribution in [-0.4, -0.2) is 24.0 Å². The molecule has 3 aromatic carbocycles. The van der Waals surface area contributed by atoms with E-state index in [9.17, 15) is 14.4 Å². The van der Waals surface area contributed by atoms with E-state index in [-0.39, 0.29) is 16.3 Å². The molecule has 0 aliphatic heterocycles. The molecule has 0 atom stereocenters. The first-order chi connectivity index (χ1) is 15.7. The third kappa shape index (κ3) is 6.79.